The molecule has 4 atom stereocenters. The molecule has 2 aliphatic carbocycles. The Kier molecular flexibility index (Phi) is 3.79. The van der Waals surface area contributed by atoms with Crippen molar-refractivity contribution in [1.82, 2.24) is 0 Å². The molecule has 4 amide bonds. The Morgan fingerprint density at radius 1 is 0.806 bits per heavy atom. The number of hydrogen-bond acceptors (Lipinski definition) is 4. The number of fused-ring (bicyclic) bond motifs is 6. The quantitative estimate of drug-likeness (QED) is 0.670. The van der Waals surface area contributed by atoms with Crippen molar-refractivity contribution < 1.29 is 19.2 Å². The van der Waals surface area contributed by atoms with E-state index >= 15 is 0 Å². The second-order valence-electron chi connectivity index (χ2n) is 9.00. The summed E-state index contributed by atoms with van der Waals surface area (Å²) >= 11 is 6.00. The summed E-state index contributed by atoms with van der Waals surface area (Å²) in [6.45, 7) is 1.77. The number of amides is 4. The van der Waals surface area contributed by atoms with Crippen LogP contribution in [0.5, 0.6) is 0 Å². The van der Waals surface area contributed by atoms with Crippen molar-refractivity contribution in [2.24, 2.45) is 23.7 Å². The van der Waals surface area contributed by atoms with Gasteiger partial charge in [-0.3, -0.25) is 24.1 Å². The molecule has 2 aromatic rings. The monoisotopic (exact) mass is 434 g/mol. The van der Waals surface area contributed by atoms with Crippen molar-refractivity contribution in [3.63, 3.8) is 0 Å². The number of carbonyl (C=O) groups excluding carboxylic acids is 4. The average Bonchev–Trinajstić information content (AvgIpc) is 3.47. The molecule has 2 heterocycles. The van der Waals surface area contributed by atoms with Crippen molar-refractivity contribution in [3.05, 3.63) is 58.1 Å². The van der Waals surface area contributed by atoms with E-state index in [1.807, 2.05) is 0 Å². The summed E-state index contributed by atoms with van der Waals surface area (Å²) < 4.78 is 0. The van der Waals surface area contributed by atoms with E-state index in [9.17, 15) is 19.2 Å². The smallest absolute Gasteiger partial charge is 0.266 e. The zero-order valence-corrected chi connectivity index (χ0v) is 17.6. The first-order valence-electron chi connectivity index (χ1n) is 10.5. The van der Waals surface area contributed by atoms with Gasteiger partial charge in [-0.05, 0) is 80.0 Å². The molecule has 31 heavy (non-hydrogen) atoms. The van der Waals surface area contributed by atoms with E-state index in [1.54, 1.807) is 37.3 Å². The van der Waals surface area contributed by atoms with E-state index in [-0.39, 0.29) is 29.2 Å². The maximum absolute atomic E-state index is 13.1. The van der Waals surface area contributed by atoms with Gasteiger partial charge >= 0.3 is 0 Å². The molecule has 6 rings (SSSR count). The predicted octanol–water partition coefficient (Wildman–Crippen LogP) is 3.98. The summed E-state index contributed by atoms with van der Waals surface area (Å²) in [7, 11) is 0. The van der Waals surface area contributed by atoms with Gasteiger partial charge in [0, 0.05) is 5.02 Å². The fourth-order valence-corrected chi connectivity index (χ4v) is 6.30. The van der Waals surface area contributed by atoms with Crippen molar-refractivity contribution >= 4 is 46.6 Å². The Morgan fingerprint density at radius 3 is 2.10 bits per heavy atom. The van der Waals surface area contributed by atoms with Crippen LogP contribution in [0.3, 0.4) is 0 Å². The van der Waals surface area contributed by atoms with Crippen LogP contribution in [0.1, 0.15) is 45.5 Å². The molecule has 2 aromatic carbocycles. The molecular weight excluding hydrogens is 416 g/mol. The highest BCUT2D eigenvalue weighted by Crippen LogP contribution is 2.56. The molecule has 2 aliphatic heterocycles. The number of anilines is 2. The molecular formula is C24H19ClN2O4. The Balaban J connectivity index is 1.35. The number of halogens is 1. The first-order chi connectivity index (χ1) is 14.9. The third-order valence-corrected chi connectivity index (χ3v) is 7.69. The zero-order valence-electron chi connectivity index (χ0n) is 16.8. The van der Waals surface area contributed by atoms with Crippen LogP contribution < -0.4 is 9.80 Å². The minimum Gasteiger partial charge on any atom is -0.274 e. The maximum atomic E-state index is 13.1. The minimum absolute atomic E-state index is 0.107. The van der Waals surface area contributed by atoms with Crippen LogP contribution in [0.15, 0.2) is 36.4 Å². The molecule has 0 aromatic heterocycles. The molecule has 2 saturated carbocycles. The highest BCUT2D eigenvalue weighted by molar-refractivity contribution is 6.37. The Labute approximate surface area is 183 Å². The SMILES string of the molecule is Cc1cc(N2C(=O)C3C4CCC(C4)C3C2=O)ccc1N1C(=O)c2ccc(Cl)cc2C1=O. The number of benzene rings is 2. The molecule has 2 bridgehead atoms. The molecule has 6 nitrogen and oxygen atoms in total. The van der Waals surface area contributed by atoms with Crippen LogP contribution in [0.2, 0.25) is 5.02 Å². The van der Waals surface area contributed by atoms with Gasteiger partial charge in [-0.1, -0.05) is 11.6 Å². The van der Waals surface area contributed by atoms with Gasteiger partial charge in [0.05, 0.1) is 34.3 Å². The largest absolute Gasteiger partial charge is 0.274 e. The van der Waals surface area contributed by atoms with Crippen LogP contribution in [0, 0.1) is 30.6 Å². The topological polar surface area (TPSA) is 74.8 Å². The van der Waals surface area contributed by atoms with E-state index in [0.29, 0.717) is 39.4 Å². The summed E-state index contributed by atoms with van der Waals surface area (Å²) in [4.78, 5) is 54.4. The van der Waals surface area contributed by atoms with Crippen LogP contribution >= 0.6 is 11.6 Å². The Morgan fingerprint density at radius 2 is 1.45 bits per heavy atom. The van der Waals surface area contributed by atoms with Gasteiger partial charge in [-0.2, -0.15) is 0 Å². The summed E-state index contributed by atoms with van der Waals surface area (Å²) in [5, 5.41) is 0.388. The van der Waals surface area contributed by atoms with Gasteiger partial charge in [0.2, 0.25) is 11.8 Å². The summed E-state index contributed by atoms with van der Waals surface area (Å²) in [6.07, 6.45) is 3.04. The normalized spacial score (nSPS) is 28.7. The van der Waals surface area contributed by atoms with Crippen molar-refractivity contribution in [2.75, 3.05) is 9.80 Å². The molecule has 4 aliphatic rings. The third-order valence-electron chi connectivity index (χ3n) is 7.46. The standard InChI is InChI=1S/C24H19ClN2O4/c1-11-8-15(26-23(30)19-12-2-3-13(9-12)20(19)24(26)31)5-7-18(11)27-21(28)16-6-4-14(25)10-17(16)22(27)29/h4-8,10,12-13,19-20H,2-3,9H2,1H3. The molecule has 0 N–H and O–H groups in total. The number of nitrogens with zero attached hydrogens (tertiary/aromatic N) is 2. The van der Waals surface area contributed by atoms with Crippen LogP contribution in [0.4, 0.5) is 11.4 Å². The van der Waals surface area contributed by atoms with Gasteiger partial charge in [0.15, 0.2) is 0 Å². The molecule has 0 spiro atoms. The van der Waals surface area contributed by atoms with Gasteiger partial charge in [0.25, 0.3) is 11.8 Å². The van der Waals surface area contributed by atoms with Crippen LogP contribution in [-0.4, -0.2) is 23.6 Å². The van der Waals surface area contributed by atoms with E-state index in [1.165, 1.54) is 11.0 Å². The summed E-state index contributed by atoms with van der Waals surface area (Å²) in [6, 6.07) is 9.63. The molecule has 156 valence electrons. The molecule has 1 saturated heterocycles. The third kappa shape index (κ3) is 2.39. The maximum Gasteiger partial charge on any atom is 0.266 e. The highest BCUT2D eigenvalue weighted by Gasteiger charge is 2.61. The number of aryl methyl sites for hydroxylation is 1. The number of rotatable bonds is 2. The fourth-order valence-electron chi connectivity index (χ4n) is 6.12. The zero-order chi connectivity index (χ0) is 21.6. The van der Waals surface area contributed by atoms with Crippen molar-refractivity contribution in [2.45, 2.75) is 26.2 Å². The Bertz CT molecular complexity index is 1190. The van der Waals surface area contributed by atoms with Crippen LogP contribution in [-0.2, 0) is 9.59 Å². The Hall–Kier alpha value is -2.99. The summed E-state index contributed by atoms with van der Waals surface area (Å²) in [5.74, 6) is -0.789. The first kappa shape index (κ1) is 18.8. The van der Waals surface area contributed by atoms with E-state index in [2.05, 4.69) is 0 Å². The fraction of sp³-hybridized carbons (Fsp3) is 0.333. The van der Waals surface area contributed by atoms with Gasteiger partial charge in [0.1, 0.15) is 0 Å². The average molecular weight is 435 g/mol. The molecule has 7 heteroatoms. The van der Waals surface area contributed by atoms with Gasteiger partial charge in [-0.15, -0.1) is 0 Å². The number of carbonyl (C=O) groups is 4. The number of hydrogen-bond donors (Lipinski definition) is 0. The summed E-state index contributed by atoms with van der Waals surface area (Å²) in [5.41, 5.74) is 2.16. The van der Waals surface area contributed by atoms with E-state index in [4.69, 9.17) is 11.6 Å². The minimum atomic E-state index is -0.433. The lowest BCUT2D eigenvalue weighted by atomic mass is 9.81. The van der Waals surface area contributed by atoms with Gasteiger partial charge < -0.3 is 0 Å². The van der Waals surface area contributed by atoms with Gasteiger partial charge in [-0.25, -0.2) is 4.90 Å². The second kappa shape index (κ2) is 6.26. The lowest BCUT2D eigenvalue weighted by Crippen LogP contribution is -2.33. The molecule has 0 radical (unpaired) electrons. The lowest BCUT2D eigenvalue weighted by molar-refractivity contribution is -0.123. The second-order valence-corrected chi connectivity index (χ2v) is 9.44. The van der Waals surface area contributed by atoms with Crippen molar-refractivity contribution in [3.8, 4) is 0 Å². The van der Waals surface area contributed by atoms with E-state index in [0.717, 1.165) is 24.2 Å². The lowest BCUT2D eigenvalue weighted by Gasteiger charge is -2.21. The number of imide groups is 2. The molecule has 3 fully saturated rings. The van der Waals surface area contributed by atoms with Crippen LogP contribution in [0.25, 0.3) is 0 Å². The highest BCUT2D eigenvalue weighted by atomic mass is 35.5. The van der Waals surface area contributed by atoms with E-state index < -0.39 is 11.8 Å². The van der Waals surface area contributed by atoms with Crippen molar-refractivity contribution in [1.29, 1.82) is 0 Å². The molecule has 4 unspecified atom stereocenters. The predicted molar refractivity (Wildman–Crippen MR) is 114 cm³/mol. The first-order valence-corrected chi connectivity index (χ1v) is 10.9.